The summed E-state index contributed by atoms with van der Waals surface area (Å²) in [5.41, 5.74) is 0. The van der Waals surface area contributed by atoms with Gasteiger partial charge in [0.25, 0.3) is 0 Å². The highest BCUT2D eigenvalue weighted by Crippen LogP contribution is 2.12. The van der Waals surface area contributed by atoms with Gasteiger partial charge in [0.05, 0.1) is 10.8 Å². The SMILES string of the molecule is C/C=C\S(=O)c1ccc(Cl)cc1. The Balaban J connectivity index is 2.90. The lowest BCUT2D eigenvalue weighted by Gasteiger charge is -1.95. The third-order valence-corrected chi connectivity index (χ3v) is 2.81. The van der Waals surface area contributed by atoms with Crippen molar-refractivity contribution in [1.82, 2.24) is 0 Å². The zero-order chi connectivity index (χ0) is 8.97. The summed E-state index contributed by atoms with van der Waals surface area (Å²) in [7, 11) is -1.03. The molecule has 0 aliphatic rings. The molecule has 1 nitrogen and oxygen atoms in total. The molecule has 0 aliphatic carbocycles. The normalized spacial score (nSPS) is 13.5. The van der Waals surface area contributed by atoms with Crippen molar-refractivity contribution in [3.05, 3.63) is 40.8 Å². The van der Waals surface area contributed by atoms with E-state index in [-0.39, 0.29) is 0 Å². The van der Waals surface area contributed by atoms with Gasteiger partial charge in [0, 0.05) is 15.3 Å². The molecule has 1 aromatic carbocycles. The Kier molecular flexibility index (Phi) is 3.50. The minimum Gasteiger partial charge on any atom is -0.250 e. The highest BCUT2D eigenvalue weighted by Gasteiger charge is 1.97. The molecule has 0 N–H and O–H groups in total. The summed E-state index contributed by atoms with van der Waals surface area (Å²) >= 11 is 5.68. The van der Waals surface area contributed by atoms with Crippen molar-refractivity contribution in [3.8, 4) is 0 Å². The number of allylic oxidation sites excluding steroid dienone is 1. The van der Waals surface area contributed by atoms with Crippen LogP contribution in [0.3, 0.4) is 0 Å². The molecule has 1 rings (SSSR count). The van der Waals surface area contributed by atoms with Gasteiger partial charge in [-0.15, -0.1) is 0 Å². The third kappa shape index (κ3) is 2.47. The van der Waals surface area contributed by atoms with Gasteiger partial charge in [0.15, 0.2) is 0 Å². The smallest absolute Gasteiger partial charge is 0.0772 e. The Morgan fingerprint density at radius 1 is 1.33 bits per heavy atom. The average molecular weight is 201 g/mol. The lowest BCUT2D eigenvalue weighted by Crippen LogP contribution is -1.84. The minimum atomic E-state index is -1.03. The van der Waals surface area contributed by atoms with Gasteiger partial charge in [0.1, 0.15) is 0 Å². The van der Waals surface area contributed by atoms with Crippen LogP contribution in [0.5, 0.6) is 0 Å². The quantitative estimate of drug-likeness (QED) is 0.718. The van der Waals surface area contributed by atoms with Crippen molar-refractivity contribution >= 4 is 22.4 Å². The Bertz CT molecular complexity index is 303. The summed E-state index contributed by atoms with van der Waals surface area (Å²) in [5, 5.41) is 2.31. The van der Waals surface area contributed by atoms with Gasteiger partial charge < -0.3 is 0 Å². The maximum absolute atomic E-state index is 11.3. The zero-order valence-corrected chi connectivity index (χ0v) is 8.23. The van der Waals surface area contributed by atoms with Crippen molar-refractivity contribution in [3.63, 3.8) is 0 Å². The lowest BCUT2D eigenvalue weighted by atomic mass is 10.4. The van der Waals surface area contributed by atoms with Gasteiger partial charge in [-0.05, 0) is 31.2 Å². The first-order valence-corrected chi connectivity index (χ1v) is 5.12. The monoisotopic (exact) mass is 200 g/mol. The average Bonchev–Trinajstić information content (AvgIpc) is 2.06. The first-order valence-electron chi connectivity index (χ1n) is 3.53. The minimum absolute atomic E-state index is 0.663. The van der Waals surface area contributed by atoms with Crippen LogP contribution in [0.1, 0.15) is 6.92 Å². The molecule has 0 spiro atoms. The highest BCUT2D eigenvalue weighted by atomic mass is 35.5. The fourth-order valence-electron chi connectivity index (χ4n) is 0.771. The van der Waals surface area contributed by atoms with E-state index in [9.17, 15) is 4.21 Å². The number of hydrogen-bond acceptors (Lipinski definition) is 1. The van der Waals surface area contributed by atoms with Crippen LogP contribution < -0.4 is 0 Å². The first-order chi connectivity index (χ1) is 5.74. The van der Waals surface area contributed by atoms with E-state index in [1.165, 1.54) is 0 Å². The molecular weight excluding hydrogens is 192 g/mol. The third-order valence-electron chi connectivity index (χ3n) is 1.31. The molecule has 0 aliphatic heterocycles. The first kappa shape index (κ1) is 9.49. The van der Waals surface area contributed by atoms with Crippen molar-refractivity contribution in [2.24, 2.45) is 0 Å². The number of halogens is 1. The summed E-state index contributed by atoms with van der Waals surface area (Å²) in [4.78, 5) is 0.775. The topological polar surface area (TPSA) is 17.1 Å². The predicted octanol–water partition coefficient (Wildman–Crippen LogP) is 2.98. The standard InChI is InChI=1S/C9H9ClOS/c1-2-7-12(11)9-5-3-8(10)4-6-9/h2-7H,1H3/b7-2-. The summed E-state index contributed by atoms with van der Waals surface area (Å²) in [5.74, 6) is 0. The molecule has 1 unspecified atom stereocenters. The number of benzene rings is 1. The van der Waals surface area contributed by atoms with Gasteiger partial charge in [-0.1, -0.05) is 17.7 Å². The maximum atomic E-state index is 11.3. The summed E-state index contributed by atoms with van der Waals surface area (Å²) in [6.07, 6.45) is 1.77. The molecule has 0 saturated carbocycles. The molecule has 0 saturated heterocycles. The largest absolute Gasteiger partial charge is 0.250 e. The van der Waals surface area contributed by atoms with Crippen molar-refractivity contribution < 1.29 is 4.21 Å². The fraction of sp³-hybridized carbons (Fsp3) is 0.111. The molecule has 12 heavy (non-hydrogen) atoms. The molecular formula is C9H9ClOS. The number of hydrogen-bond donors (Lipinski definition) is 0. The van der Waals surface area contributed by atoms with Crippen LogP contribution in [0.25, 0.3) is 0 Å². The molecule has 1 atom stereocenters. The van der Waals surface area contributed by atoms with Crippen molar-refractivity contribution in [1.29, 1.82) is 0 Å². The van der Waals surface area contributed by atoms with Gasteiger partial charge >= 0.3 is 0 Å². The molecule has 1 aromatic rings. The van der Waals surface area contributed by atoms with Gasteiger partial charge in [-0.3, -0.25) is 0 Å². The van der Waals surface area contributed by atoms with Crippen LogP contribution in [0, 0.1) is 0 Å². The van der Waals surface area contributed by atoms with E-state index in [1.807, 2.05) is 6.92 Å². The Hall–Kier alpha value is -0.600. The van der Waals surface area contributed by atoms with Crippen LogP contribution in [-0.2, 0) is 10.8 Å². The molecule has 0 aromatic heterocycles. The molecule has 3 heteroatoms. The summed E-state index contributed by atoms with van der Waals surface area (Å²) in [6.45, 7) is 1.84. The van der Waals surface area contributed by atoms with Crippen LogP contribution >= 0.6 is 11.6 Å². The molecule has 0 fully saturated rings. The molecule has 0 heterocycles. The maximum Gasteiger partial charge on any atom is 0.0772 e. The molecule has 0 amide bonds. The Morgan fingerprint density at radius 3 is 2.42 bits per heavy atom. The fourth-order valence-corrected chi connectivity index (χ4v) is 1.71. The van der Waals surface area contributed by atoms with E-state index in [0.717, 1.165) is 4.90 Å². The van der Waals surface area contributed by atoms with E-state index >= 15 is 0 Å². The Labute approximate surface area is 79.5 Å². The second-order valence-electron chi connectivity index (χ2n) is 2.22. The molecule has 64 valence electrons. The predicted molar refractivity (Wildman–Crippen MR) is 52.7 cm³/mol. The Morgan fingerprint density at radius 2 is 1.92 bits per heavy atom. The van der Waals surface area contributed by atoms with Gasteiger partial charge in [0.2, 0.25) is 0 Å². The zero-order valence-electron chi connectivity index (χ0n) is 6.66. The van der Waals surface area contributed by atoms with E-state index in [0.29, 0.717) is 5.02 Å². The second-order valence-corrected chi connectivity index (χ2v) is 4.00. The van der Waals surface area contributed by atoms with Gasteiger partial charge in [-0.25, -0.2) is 4.21 Å². The molecule has 0 bridgehead atoms. The lowest BCUT2D eigenvalue weighted by molar-refractivity contribution is 0.688. The summed E-state index contributed by atoms with van der Waals surface area (Å²) in [6, 6.07) is 6.99. The van der Waals surface area contributed by atoms with Crippen LogP contribution in [0.15, 0.2) is 40.6 Å². The van der Waals surface area contributed by atoms with Crippen LogP contribution in [0.2, 0.25) is 5.02 Å². The van der Waals surface area contributed by atoms with Crippen LogP contribution in [0.4, 0.5) is 0 Å². The summed E-state index contributed by atoms with van der Waals surface area (Å²) < 4.78 is 11.3. The van der Waals surface area contributed by atoms with Crippen LogP contribution in [-0.4, -0.2) is 4.21 Å². The molecule has 0 radical (unpaired) electrons. The second kappa shape index (κ2) is 4.43. The van der Waals surface area contributed by atoms with E-state index in [1.54, 1.807) is 35.7 Å². The van der Waals surface area contributed by atoms with Crippen molar-refractivity contribution in [2.75, 3.05) is 0 Å². The highest BCUT2D eigenvalue weighted by molar-refractivity contribution is 7.88. The van der Waals surface area contributed by atoms with E-state index < -0.39 is 10.8 Å². The van der Waals surface area contributed by atoms with Gasteiger partial charge in [-0.2, -0.15) is 0 Å². The number of rotatable bonds is 2. The van der Waals surface area contributed by atoms with Crippen molar-refractivity contribution in [2.45, 2.75) is 11.8 Å². The van der Waals surface area contributed by atoms with E-state index in [4.69, 9.17) is 11.6 Å². The van der Waals surface area contributed by atoms with E-state index in [2.05, 4.69) is 0 Å².